The summed E-state index contributed by atoms with van der Waals surface area (Å²) < 4.78 is 14.4. The third-order valence-corrected chi connectivity index (χ3v) is 1.37. The Morgan fingerprint density at radius 3 is 2.15 bits per heavy atom. The van der Waals surface area contributed by atoms with Crippen molar-refractivity contribution in [3.05, 3.63) is 0 Å². The molecule has 78 valence electrons. The van der Waals surface area contributed by atoms with Gasteiger partial charge in [0.15, 0.2) is 0 Å². The average Bonchev–Trinajstić information content (AvgIpc) is 2.10. The van der Waals surface area contributed by atoms with Gasteiger partial charge in [0.1, 0.15) is 6.61 Å². The molecule has 0 aromatic heterocycles. The Labute approximate surface area is 79.2 Å². The number of hydrogen-bond donors (Lipinski definition) is 0. The summed E-state index contributed by atoms with van der Waals surface area (Å²) in [5.41, 5.74) is 0. The molecule has 1 atom stereocenters. The van der Waals surface area contributed by atoms with Crippen molar-refractivity contribution in [1.82, 2.24) is 0 Å². The van der Waals surface area contributed by atoms with Gasteiger partial charge in [0.25, 0.3) is 0 Å². The van der Waals surface area contributed by atoms with Crippen molar-refractivity contribution in [3.63, 3.8) is 0 Å². The standard InChI is InChI=1S/C9H18O4/c1-7(2)5-12-9(10)13-6-8(3)11-4/h7-8H,5-6H2,1-4H3/t8-/m1/s1. The summed E-state index contributed by atoms with van der Waals surface area (Å²) >= 11 is 0. The summed E-state index contributed by atoms with van der Waals surface area (Å²) in [7, 11) is 1.56. The summed E-state index contributed by atoms with van der Waals surface area (Å²) in [6.07, 6.45) is -0.718. The predicted molar refractivity (Wildman–Crippen MR) is 48.6 cm³/mol. The van der Waals surface area contributed by atoms with E-state index in [-0.39, 0.29) is 12.7 Å². The van der Waals surface area contributed by atoms with Crippen LogP contribution in [0, 0.1) is 5.92 Å². The molecule has 0 aromatic rings. The monoisotopic (exact) mass is 190 g/mol. The molecule has 0 saturated heterocycles. The number of carbonyl (C=O) groups is 1. The number of carbonyl (C=O) groups excluding carboxylic acids is 1. The number of methoxy groups -OCH3 is 1. The molecule has 0 aliphatic rings. The number of hydrogen-bond acceptors (Lipinski definition) is 4. The molecule has 0 bridgehead atoms. The van der Waals surface area contributed by atoms with E-state index in [1.165, 1.54) is 0 Å². The van der Waals surface area contributed by atoms with Crippen LogP contribution < -0.4 is 0 Å². The largest absolute Gasteiger partial charge is 0.508 e. The lowest BCUT2D eigenvalue weighted by Crippen LogP contribution is -2.19. The first kappa shape index (κ1) is 12.2. The van der Waals surface area contributed by atoms with E-state index < -0.39 is 6.16 Å². The van der Waals surface area contributed by atoms with E-state index >= 15 is 0 Å². The second-order valence-electron chi connectivity index (χ2n) is 3.31. The van der Waals surface area contributed by atoms with Crippen LogP contribution in [0.3, 0.4) is 0 Å². The molecule has 0 aliphatic carbocycles. The van der Waals surface area contributed by atoms with E-state index in [4.69, 9.17) is 14.2 Å². The van der Waals surface area contributed by atoms with Crippen LogP contribution in [0.5, 0.6) is 0 Å². The van der Waals surface area contributed by atoms with Gasteiger partial charge in [-0.05, 0) is 12.8 Å². The number of ether oxygens (including phenoxy) is 3. The van der Waals surface area contributed by atoms with Gasteiger partial charge in [-0.2, -0.15) is 0 Å². The van der Waals surface area contributed by atoms with Crippen LogP contribution in [0.15, 0.2) is 0 Å². The zero-order valence-corrected chi connectivity index (χ0v) is 8.70. The quantitative estimate of drug-likeness (QED) is 0.620. The van der Waals surface area contributed by atoms with E-state index in [0.29, 0.717) is 12.5 Å². The lowest BCUT2D eigenvalue weighted by Gasteiger charge is -2.11. The van der Waals surface area contributed by atoms with Crippen LogP contribution in [0.4, 0.5) is 4.79 Å². The predicted octanol–water partition coefficient (Wildman–Crippen LogP) is 1.83. The highest BCUT2D eigenvalue weighted by Gasteiger charge is 2.07. The molecule has 4 heteroatoms. The van der Waals surface area contributed by atoms with Gasteiger partial charge in [0.05, 0.1) is 12.7 Å². The first-order chi connectivity index (χ1) is 6.06. The van der Waals surface area contributed by atoms with Gasteiger partial charge in [-0.3, -0.25) is 0 Å². The third-order valence-electron chi connectivity index (χ3n) is 1.37. The maximum atomic E-state index is 10.9. The fraction of sp³-hybridized carbons (Fsp3) is 0.889. The van der Waals surface area contributed by atoms with Crippen LogP contribution in [0.25, 0.3) is 0 Å². The van der Waals surface area contributed by atoms with Crippen molar-refractivity contribution in [1.29, 1.82) is 0 Å². The minimum Gasteiger partial charge on any atom is -0.434 e. The second-order valence-corrected chi connectivity index (χ2v) is 3.31. The van der Waals surface area contributed by atoms with Gasteiger partial charge < -0.3 is 14.2 Å². The Bertz CT molecular complexity index is 145. The van der Waals surface area contributed by atoms with Crippen molar-refractivity contribution < 1.29 is 19.0 Å². The molecule has 0 aliphatic heterocycles. The van der Waals surface area contributed by atoms with Crippen LogP contribution in [0.1, 0.15) is 20.8 Å². The first-order valence-corrected chi connectivity index (χ1v) is 4.38. The van der Waals surface area contributed by atoms with Crippen LogP contribution in [0.2, 0.25) is 0 Å². The fourth-order valence-electron chi connectivity index (χ4n) is 0.530. The molecule has 0 heterocycles. The Balaban J connectivity index is 3.40. The summed E-state index contributed by atoms with van der Waals surface area (Å²) in [6, 6.07) is 0. The molecular formula is C9H18O4. The summed E-state index contributed by atoms with van der Waals surface area (Å²) in [5, 5.41) is 0. The molecule has 0 N–H and O–H groups in total. The molecule has 4 nitrogen and oxygen atoms in total. The highest BCUT2D eigenvalue weighted by atomic mass is 16.7. The first-order valence-electron chi connectivity index (χ1n) is 4.38. The summed E-state index contributed by atoms with van der Waals surface area (Å²) in [5.74, 6) is 0.326. The van der Waals surface area contributed by atoms with Crippen LogP contribution in [-0.2, 0) is 14.2 Å². The average molecular weight is 190 g/mol. The Hall–Kier alpha value is -0.770. The van der Waals surface area contributed by atoms with Crippen molar-refractivity contribution in [3.8, 4) is 0 Å². The fourth-order valence-corrected chi connectivity index (χ4v) is 0.530. The maximum Gasteiger partial charge on any atom is 0.508 e. The Kier molecular flexibility index (Phi) is 6.32. The Morgan fingerprint density at radius 2 is 1.69 bits per heavy atom. The lowest BCUT2D eigenvalue weighted by molar-refractivity contribution is 0.00531. The smallest absolute Gasteiger partial charge is 0.434 e. The normalized spacial score (nSPS) is 12.7. The molecule has 13 heavy (non-hydrogen) atoms. The van der Waals surface area contributed by atoms with Crippen molar-refractivity contribution in [2.45, 2.75) is 26.9 Å². The van der Waals surface area contributed by atoms with Gasteiger partial charge in [-0.25, -0.2) is 4.79 Å². The topological polar surface area (TPSA) is 44.8 Å². The molecular weight excluding hydrogens is 172 g/mol. The van der Waals surface area contributed by atoms with Crippen molar-refractivity contribution >= 4 is 6.16 Å². The second kappa shape index (κ2) is 6.71. The van der Waals surface area contributed by atoms with Crippen LogP contribution >= 0.6 is 0 Å². The van der Waals surface area contributed by atoms with Crippen LogP contribution in [-0.4, -0.2) is 32.6 Å². The summed E-state index contributed by atoms with van der Waals surface area (Å²) in [4.78, 5) is 10.9. The zero-order chi connectivity index (χ0) is 10.3. The van der Waals surface area contributed by atoms with E-state index in [1.807, 2.05) is 20.8 Å². The minimum absolute atomic E-state index is 0.0911. The molecule has 0 saturated carbocycles. The Morgan fingerprint density at radius 1 is 1.15 bits per heavy atom. The van der Waals surface area contributed by atoms with E-state index in [9.17, 15) is 4.79 Å². The van der Waals surface area contributed by atoms with Gasteiger partial charge in [0, 0.05) is 7.11 Å². The highest BCUT2D eigenvalue weighted by Crippen LogP contribution is 1.96. The molecule has 0 radical (unpaired) electrons. The maximum absolute atomic E-state index is 10.9. The molecule has 0 fully saturated rings. The minimum atomic E-state index is -0.627. The molecule has 0 unspecified atom stereocenters. The van der Waals surface area contributed by atoms with Crippen molar-refractivity contribution in [2.75, 3.05) is 20.3 Å². The van der Waals surface area contributed by atoms with E-state index in [0.717, 1.165) is 0 Å². The summed E-state index contributed by atoms with van der Waals surface area (Å²) in [6.45, 7) is 6.36. The number of rotatable bonds is 5. The molecule has 0 amide bonds. The van der Waals surface area contributed by atoms with Gasteiger partial charge in [-0.1, -0.05) is 13.8 Å². The third kappa shape index (κ3) is 7.59. The highest BCUT2D eigenvalue weighted by molar-refractivity contribution is 5.59. The SMILES string of the molecule is CO[C@H](C)COC(=O)OCC(C)C. The molecule has 0 aromatic carbocycles. The van der Waals surface area contributed by atoms with Gasteiger partial charge in [0.2, 0.25) is 0 Å². The van der Waals surface area contributed by atoms with E-state index in [2.05, 4.69) is 0 Å². The van der Waals surface area contributed by atoms with Crippen molar-refractivity contribution in [2.24, 2.45) is 5.92 Å². The van der Waals surface area contributed by atoms with Gasteiger partial charge in [-0.15, -0.1) is 0 Å². The molecule has 0 spiro atoms. The lowest BCUT2D eigenvalue weighted by atomic mass is 10.2. The van der Waals surface area contributed by atoms with Gasteiger partial charge >= 0.3 is 6.16 Å². The molecule has 0 rings (SSSR count). The zero-order valence-electron chi connectivity index (χ0n) is 8.70. The van der Waals surface area contributed by atoms with E-state index in [1.54, 1.807) is 7.11 Å².